The van der Waals surface area contributed by atoms with E-state index < -0.39 is 0 Å². The molecule has 0 saturated heterocycles. The van der Waals surface area contributed by atoms with E-state index in [1.54, 1.807) is 17.4 Å². The lowest BCUT2D eigenvalue weighted by atomic mass is 10.2. The van der Waals surface area contributed by atoms with E-state index in [-0.39, 0.29) is 5.38 Å². The first-order valence-electron chi connectivity index (χ1n) is 6.54. The molecule has 0 fully saturated rings. The normalized spacial score (nSPS) is 12.5. The third-order valence-electron chi connectivity index (χ3n) is 3.25. The Morgan fingerprint density at radius 1 is 1.48 bits per heavy atom. The highest BCUT2D eigenvalue weighted by molar-refractivity contribution is 7.11. The van der Waals surface area contributed by atoms with Crippen molar-refractivity contribution in [3.8, 4) is 6.07 Å². The molecule has 0 saturated carbocycles. The van der Waals surface area contributed by atoms with E-state index in [2.05, 4.69) is 16.0 Å². The van der Waals surface area contributed by atoms with E-state index >= 15 is 0 Å². The van der Waals surface area contributed by atoms with Crippen molar-refractivity contribution in [2.75, 3.05) is 0 Å². The highest BCUT2D eigenvalue weighted by atomic mass is 35.5. The minimum atomic E-state index is -0.231. The molecule has 0 aliphatic rings. The molecule has 106 valence electrons. The Hall–Kier alpha value is -1.90. The minimum Gasteiger partial charge on any atom is -0.320 e. The van der Waals surface area contributed by atoms with Crippen molar-refractivity contribution in [1.82, 2.24) is 14.5 Å². The number of rotatable bonds is 3. The first-order chi connectivity index (χ1) is 10.1. The summed E-state index contributed by atoms with van der Waals surface area (Å²) < 4.78 is 2.05. The summed E-state index contributed by atoms with van der Waals surface area (Å²) in [6, 6.07) is 7.79. The van der Waals surface area contributed by atoms with Crippen LogP contribution in [-0.4, -0.2) is 14.5 Å². The van der Waals surface area contributed by atoms with Crippen molar-refractivity contribution < 1.29 is 0 Å². The Kier molecular flexibility index (Phi) is 3.66. The first kappa shape index (κ1) is 14.1. The van der Waals surface area contributed by atoms with Gasteiger partial charge in [0.1, 0.15) is 22.4 Å². The number of nitriles is 1. The van der Waals surface area contributed by atoms with Crippen LogP contribution in [0.1, 0.15) is 33.6 Å². The molecule has 0 aliphatic carbocycles. The molecule has 6 heteroatoms. The molecular weight excluding hydrogens is 304 g/mol. The molecule has 1 unspecified atom stereocenters. The Bertz CT molecular complexity index is 841. The number of benzene rings is 1. The Labute approximate surface area is 131 Å². The van der Waals surface area contributed by atoms with Crippen LogP contribution in [0.25, 0.3) is 11.0 Å². The fraction of sp³-hybridized carbons (Fsp3) is 0.267. The topological polar surface area (TPSA) is 54.5 Å². The molecule has 1 aromatic carbocycles. The van der Waals surface area contributed by atoms with E-state index in [1.165, 1.54) is 4.88 Å². The van der Waals surface area contributed by atoms with Gasteiger partial charge in [0.2, 0.25) is 0 Å². The number of alkyl halides is 1. The summed E-state index contributed by atoms with van der Waals surface area (Å²) in [6.07, 6.45) is 1.86. The van der Waals surface area contributed by atoms with Crippen LogP contribution in [0.3, 0.4) is 0 Å². The van der Waals surface area contributed by atoms with E-state index in [0.29, 0.717) is 17.6 Å². The summed E-state index contributed by atoms with van der Waals surface area (Å²) in [5, 5.41) is 10.0. The van der Waals surface area contributed by atoms with Crippen LogP contribution < -0.4 is 0 Å². The number of thiazole rings is 1. The fourth-order valence-electron chi connectivity index (χ4n) is 2.33. The minimum absolute atomic E-state index is 0.231. The molecule has 0 radical (unpaired) electrons. The summed E-state index contributed by atoms with van der Waals surface area (Å²) in [6.45, 7) is 4.54. The largest absolute Gasteiger partial charge is 0.320 e. The molecule has 2 heterocycles. The summed E-state index contributed by atoms with van der Waals surface area (Å²) in [5.41, 5.74) is 2.19. The number of fused-ring (bicyclic) bond motifs is 1. The van der Waals surface area contributed by atoms with Crippen molar-refractivity contribution in [2.45, 2.75) is 25.8 Å². The summed E-state index contributed by atoms with van der Waals surface area (Å²) in [7, 11) is 0. The lowest BCUT2D eigenvalue weighted by molar-refractivity contribution is 0.738. The van der Waals surface area contributed by atoms with Gasteiger partial charge in [-0.2, -0.15) is 5.26 Å². The van der Waals surface area contributed by atoms with Gasteiger partial charge in [0.25, 0.3) is 0 Å². The molecule has 1 atom stereocenters. The van der Waals surface area contributed by atoms with E-state index in [9.17, 15) is 5.26 Å². The molecule has 0 N–H and O–H groups in total. The number of nitrogens with zero attached hydrogens (tertiary/aromatic N) is 4. The molecular formula is C15H13ClN4S. The molecule has 3 aromatic rings. The van der Waals surface area contributed by atoms with Gasteiger partial charge in [-0.15, -0.1) is 22.9 Å². The van der Waals surface area contributed by atoms with Crippen LogP contribution in [-0.2, 0) is 6.54 Å². The van der Waals surface area contributed by atoms with E-state index in [1.807, 2.05) is 36.7 Å². The average Bonchev–Trinajstić information content (AvgIpc) is 3.03. The second-order valence-corrected chi connectivity index (χ2v) is 6.80. The van der Waals surface area contributed by atoms with E-state index in [4.69, 9.17) is 11.6 Å². The fourth-order valence-corrected chi connectivity index (χ4v) is 3.28. The van der Waals surface area contributed by atoms with Crippen molar-refractivity contribution in [1.29, 1.82) is 5.26 Å². The third kappa shape index (κ3) is 2.53. The zero-order valence-corrected chi connectivity index (χ0v) is 13.2. The van der Waals surface area contributed by atoms with E-state index in [0.717, 1.165) is 16.3 Å². The monoisotopic (exact) mass is 316 g/mol. The zero-order valence-electron chi connectivity index (χ0n) is 11.7. The SMILES string of the molecule is Cc1cnc(Cn2c(C(C)Cl)nc3c(C#N)cccc32)s1. The predicted octanol–water partition coefficient (Wildman–Crippen LogP) is 4.02. The van der Waals surface area contributed by atoms with Crippen LogP contribution in [0.15, 0.2) is 24.4 Å². The van der Waals surface area contributed by atoms with Gasteiger partial charge >= 0.3 is 0 Å². The highest BCUT2D eigenvalue weighted by Crippen LogP contribution is 2.28. The Morgan fingerprint density at radius 3 is 2.90 bits per heavy atom. The van der Waals surface area contributed by atoms with Gasteiger partial charge in [-0.05, 0) is 26.0 Å². The summed E-state index contributed by atoms with van der Waals surface area (Å²) in [4.78, 5) is 10.1. The van der Waals surface area contributed by atoms with Crippen LogP contribution >= 0.6 is 22.9 Å². The standard InChI is InChI=1S/C15H13ClN4S/c1-9-7-18-13(21-9)8-20-12-5-3-4-11(6-17)14(12)19-15(20)10(2)16/h3-5,7,10H,8H2,1-2H3. The van der Waals surface area contributed by atoms with Crippen LogP contribution in [0.5, 0.6) is 0 Å². The number of aryl methyl sites for hydroxylation is 1. The predicted molar refractivity (Wildman–Crippen MR) is 84.7 cm³/mol. The molecule has 4 nitrogen and oxygen atoms in total. The van der Waals surface area contributed by atoms with Crippen molar-refractivity contribution >= 4 is 34.0 Å². The van der Waals surface area contributed by atoms with Gasteiger partial charge in [0, 0.05) is 11.1 Å². The number of imidazole rings is 1. The zero-order chi connectivity index (χ0) is 15.0. The van der Waals surface area contributed by atoms with Crippen molar-refractivity contribution in [3.63, 3.8) is 0 Å². The number of hydrogen-bond donors (Lipinski definition) is 0. The van der Waals surface area contributed by atoms with Crippen LogP contribution in [0.2, 0.25) is 0 Å². The second kappa shape index (κ2) is 5.47. The Morgan fingerprint density at radius 2 is 2.29 bits per heavy atom. The molecule has 2 aromatic heterocycles. The van der Waals surface area contributed by atoms with Crippen molar-refractivity contribution in [3.05, 3.63) is 45.7 Å². The molecule has 0 amide bonds. The molecule has 0 bridgehead atoms. The number of para-hydroxylation sites is 1. The molecule has 0 aliphatic heterocycles. The lowest BCUT2D eigenvalue weighted by Gasteiger charge is -2.08. The molecule has 21 heavy (non-hydrogen) atoms. The average molecular weight is 317 g/mol. The lowest BCUT2D eigenvalue weighted by Crippen LogP contribution is -2.05. The molecule has 3 rings (SSSR count). The van der Waals surface area contributed by atoms with Crippen LogP contribution in [0.4, 0.5) is 0 Å². The van der Waals surface area contributed by atoms with Gasteiger partial charge in [0.15, 0.2) is 0 Å². The third-order valence-corrected chi connectivity index (χ3v) is 4.34. The summed E-state index contributed by atoms with van der Waals surface area (Å²) >= 11 is 7.92. The van der Waals surface area contributed by atoms with Crippen molar-refractivity contribution in [2.24, 2.45) is 0 Å². The number of halogens is 1. The maximum Gasteiger partial charge on any atom is 0.128 e. The molecule has 0 spiro atoms. The highest BCUT2D eigenvalue weighted by Gasteiger charge is 2.18. The Balaban J connectivity index is 2.19. The van der Waals surface area contributed by atoms with Gasteiger partial charge in [0.05, 0.1) is 23.0 Å². The quantitative estimate of drug-likeness (QED) is 0.686. The smallest absolute Gasteiger partial charge is 0.128 e. The summed E-state index contributed by atoms with van der Waals surface area (Å²) in [5.74, 6) is 0.766. The maximum atomic E-state index is 9.22. The van der Waals surface area contributed by atoms with Crippen LogP contribution in [0, 0.1) is 18.3 Å². The van der Waals surface area contributed by atoms with Gasteiger partial charge in [-0.1, -0.05) is 6.07 Å². The van der Waals surface area contributed by atoms with Gasteiger partial charge < -0.3 is 4.57 Å². The van der Waals surface area contributed by atoms with Gasteiger partial charge in [-0.3, -0.25) is 0 Å². The van der Waals surface area contributed by atoms with Gasteiger partial charge in [-0.25, -0.2) is 9.97 Å². The number of aromatic nitrogens is 3. The number of hydrogen-bond acceptors (Lipinski definition) is 4. The second-order valence-electron chi connectivity index (χ2n) is 4.82. The maximum absolute atomic E-state index is 9.22. The first-order valence-corrected chi connectivity index (χ1v) is 7.80.